The van der Waals surface area contributed by atoms with E-state index in [4.69, 9.17) is 24.4 Å². The van der Waals surface area contributed by atoms with E-state index >= 15 is 0 Å². The van der Waals surface area contributed by atoms with Crippen molar-refractivity contribution < 1.29 is 32.4 Å². The SMILES string of the molecule is CN(C)c1nc(NC2CCC(CNC(=O)c3ccno3)CC2)nc2ccccc12.O=C(O)C(F)(F)F. The number of benzene rings is 1. The molecular formula is C23H27F3N6O4. The van der Waals surface area contributed by atoms with E-state index in [9.17, 15) is 18.0 Å². The molecule has 1 saturated carbocycles. The summed E-state index contributed by atoms with van der Waals surface area (Å²) >= 11 is 0. The van der Waals surface area contributed by atoms with Gasteiger partial charge in [0.25, 0.3) is 5.91 Å². The summed E-state index contributed by atoms with van der Waals surface area (Å²) in [4.78, 5) is 32.3. The van der Waals surface area contributed by atoms with E-state index in [2.05, 4.69) is 15.8 Å². The van der Waals surface area contributed by atoms with Crippen LogP contribution in [-0.2, 0) is 4.79 Å². The van der Waals surface area contributed by atoms with E-state index < -0.39 is 12.1 Å². The van der Waals surface area contributed by atoms with Gasteiger partial charge in [0, 0.05) is 38.1 Å². The highest BCUT2D eigenvalue weighted by atomic mass is 19.4. The first-order valence-electron chi connectivity index (χ1n) is 11.2. The topological polar surface area (TPSA) is 133 Å². The van der Waals surface area contributed by atoms with Gasteiger partial charge in [-0.3, -0.25) is 4.79 Å². The zero-order valence-electron chi connectivity index (χ0n) is 19.7. The molecule has 1 aliphatic rings. The largest absolute Gasteiger partial charge is 0.490 e. The second-order valence-electron chi connectivity index (χ2n) is 8.53. The number of anilines is 2. The second kappa shape index (κ2) is 11.7. The number of amides is 1. The van der Waals surface area contributed by atoms with E-state index in [1.54, 1.807) is 6.07 Å². The quantitative estimate of drug-likeness (QED) is 0.456. The molecular weight excluding hydrogens is 481 g/mol. The van der Waals surface area contributed by atoms with Crippen LogP contribution in [0.3, 0.4) is 0 Å². The lowest BCUT2D eigenvalue weighted by molar-refractivity contribution is -0.192. The lowest BCUT2D eigenvalue weighted by Crippen LogP contribution is -2.34. The molecule has 3 N–H and O–H groups in total. The van der Waals surface area contributed by atoms with Gasteiger partial charge in [-0.1, -0.05) is 17.3 Å². The number of aliphatic carboxylic acids is 1. The van der Waals surface area contributed by atoms with Gasteiger partial charge in [0.2, 0.25) is 11.7 Å². The fourth-order valence-electron chi connectivity index (χ4n) is 3.82. The fraction of sp³-hybridized carbons (Fsp3) is 0.435. The number of carboxylic acid groups (broad SMARTS) is 1. The van der Waals surface area contributed by atoms with Gasteiger partial charge < -0.3 is 25.2 Å². The first-order chi connectivity index (χ1) is 17.0. The van der Waals surface area contributed by atoms with Gasteiger partial charge in [-0.15, -0.1) is 0 Å². The number of para-hydroxylation sites is 1. The molecule has 1 aliphatic carbocycles. The van der Waals surface area contributed by atoms with Crippen LogP contribution >= 0.6 is 0 Å². The molecule has 3 aromatic rings. The predicted molar refractivity (Wildman–Crippen MR) is 126 cm³/mol. The maximum Gasteiger partial charge on any atom is 0.490 e. The summed E-state index contributed by atoms with van der Waals surface area (Å²) in [5.41, 5.74) is 0.942. The van der Waals surface area contributed by atoms with E-state index in [1.807, 2.05) is 43.3 Å². The molecule has 0 bridgehead atoms. The summed E-state index contributed by atoms with van der Waals surface area (Å²) < 4.78 is 36.6. The minimum Gasteiger partial charge on any atom is -0.475 e. The Kier molecular flexibility index (Phi) is 8.67. The van der Waals surface area contributed by atoms with Crippen molar-refractivity contribution in [3.8, 4) is 0 Å². The number of fused-ring (bicyclic) bond motifs is 1. The number of nitrogens with one attached hydrogen (secondary N) is 2. The third-order valence-electron chi connectivity index (χ3n) is 5.64. The smallest absolute Gasteiger partial charge is 0.475 e. The van der Waals surface area contributed by atoms with Crippen molar-refractivity contribution in [2.75, 3.05) is 30.9 Å². The van der Waals surface area contributed by atoms with Crippen LogP contribution in [0.5, 0.6) is 0 Å². The number of hydrogen-bond donors (Lipinski definition) is 3. The van der Waals surface area contributed by atoms with Crippen LogP contribution in [0.1, 0.15) is 36.2 Å². The van der Waals surface area contributed by atoms with Gasteiger partial charge in [0.15, 0.2) is 0 Å². The van der Waals surface area contributed by atoms with Crippen molar-refractivity contribution in [2.24, 2.45) is 5.92 Å². The molecule has 2 aromatic heterocycles. The highest BCUT2D eigenvalue weighted by Crippen LogP contribution is 2.28. The molecule has 194 valence electrons. The van der Waals surface area contributed by atoms with Gasteiger partial charge >= 0.3 is 12.1 Å². The molecule has 1 aromatic carbocycles. The Hall–Kier alpha value is -3.90. The Morgan fingerprint density at radius 2 is 1.78 bits per heavy atom. The van der Waals surface area contributed by atoms with Crippen molar-refractivity contribution >= 4 is 34.5 Å². The second-order valence-corrected chi connectivity index (χ2v) is 8.53. The minimum atomic E-state index is -5.08. The molecule has 36 heavy (non-hydrogen) atoms. The zero-order chi connectivity index (χ0) is 26.3. The number of nitrogens with zero attached hydrogens (tertiary/aromatic N) is 4. The van der Waals surface area contributed by atoms with Crippen LogP contribution in [0.4, 0.5) is 24.9 Å². The van der Waals surface area contributed by atoms with Crippen LogP contribution in [0.2, 0.25) is 0 Å². The molecule has 13 heteroatoms. The molecule has 10 nitrogen and oxygen atoms in total. The average Bonchev–Trinajstić information content (AvgIpc) is 3.38. The number of carbonyl (C=O) groups excluding carboxylic acids is 1. The molecule has 0 aliphatic heterocycles. The van der Waals surface area contributed by atoms with E-state index in [0.717, 1.165) is 42.4 Å². The Morgan fingerprint density at radius 3 is 2.36 bits per heavy atom. The molecule has 0 unspecified atom stereocenters. The van der Waals surface area contributed by atoms with Gasteiger partial charge in [0.1, 0.15) is 5.82 Å². The molecule has 0 atom stereocenters. The Labute approximate surface area is 204 Å². The Bertz CT molecular complexity index is 1160. The van der Waals surface area contributed by atoms with Crippen molar-refractivity contribution in [1.82, 2.24) is 20.4 Å². The Morgan fingerprint density at radius 1 is 1.11 bits per heavy atom. The summed E-state index contributed by atoms with van der Waals surface area (Å²) in [6, 6.07) is 9.98. The predicted octanol–water partition coefficient (Wildman–Crippen LogP) is 3.72. The summed E-state index contributed by atoms with van der Waals surface area (Å²) in [6.07, 6.45) is 0.528. The third-order valence-corrected chi connectivity index (χ3v) is 5.64. The molecule has 0 spiro atoms. The van der Waals surface area contributed by atoms with Crippen molar-refractivity contribution in [3.05, 3.63) is 42.3 Å². The van der Waals surface area contributed by atoms with Crippen molar-refractivity contribution in [2.45, 2.75) is 37.9 Å². The minimum absolute atomic E-state index is 0.205. The number of carboxylic acids is 1. The van der Waals surface area contributed by atoms with Gasteiger partial charge in [-0.05, 0) is 43.7 Å². The molecule has 4 rings (SSSR count). The van der Waals surface area contributed by atoms with E-state index in [0.29, 0.717) is 24.5 Å². The highest BCUT2D eigenvalue weighted by molar-refractivity contribution is 5.91. The standard InChI is InChI=1S/C21H26N6O2.C2HF3O2/c1-27(2)19-16-5-3-4-6-17(16)25-21(26-19)24-15-9-7-14(8-10-15)13-22-20(28)18-11-12-23-29-18;3-2(4,5)1(6)7/h3-6,11-12,14-15H,7-10,13H2,1-2H3,(H,22,28)(H,24,25,26);(H,6,7). The maximum absolute atomic E-state index is 12.0. The number of rotatable bonds is 6. The summed E-state index contributed by atoms with van der Waals surface area (Å²) in [6.45, 7) is 0.656. The lowest BCUT2D eigenvalue weighted by Gasteiger charge is -2.29. The first-order valence-corrected chi connectivity index (χ1v) is 11.2. The fourth-order valence-corrected chi connectivity index (χ4v) is 3.82. The zero-order valence-corrected chi connectivity index (χ0v) is 19.7. The lowest BCUT2D eigenvalue weighted by atomic mass is 9.86. The molecule has 2 heterocycles. The van der Waals surface area contributed by atoms with Crippen molar-refractivity contribution in [3.63, 3.8) is 0 Å². The van der Waals surface area contributed by atoms with Crippen LogP contribution in [0.25, 0.3) is 10.9 Å². The maximum atomic E-state index is 12.0. The Balaban J connectivity index is 0.000000454. The molecule has 1 fully saturated rings. The molecule has 1 amide bonds. The summed E-state index contributed by atoms with van der Waals surface area (Å²) in [5.74, 6) is -0.646. The normalized spacial score (nSPS) is 17.6. The first kappa shape index (κ1) is 26.7. The molecule has 0 radical (unpaired) electrons. The van der Waals surface area contributed by atoms with Crippen molar-refractivity contribution in [1.29, 1.82) is 0 Å². The van der Waals surface area contributed by atoms with Crippen LogP contribution in [0.15, 0.2) is 41.1 Å². The van der Waals surface area contributed by atoms with Gasteiger partial charge in [-0.2, -0.15) is 18.2 Å². The number of carbonyl (C=O) groups is 2. The third kappa shape index (κ3) is 7.30. The summed E-state index contributed by atoms with van der Waals surface area (Å²) in [5, 5.41) is 18.2. The van der Waals surface area contributed by atoms with Gasteiger partial charge in [0.05, 0.1) is 11.7 Å². The van der Waals surface area contributed by atoms with E-state index in [-0.39, 0.29) is 11.7 Å². The number of halogens is 3. The number of aromatic nitrogens is 3. The summed E-state index contributed by atoms with van der Waals surface area (Å²) in [7, 11) is 3.99. The van der Waals surface area contributed by atoms with Crippen LogP contribution in [0, 0.1) is 5.92 Å². The number of hydrogen-bond acceptors (Lipinski definition) is 8. The van der Waals surface area contributed by atoms with E-state index in [1.165, 1.54) is 6.20 Å². The molecule has 0 saturated heterocycles. The highest BCUT2D eigenvalue weighted by Gasteiger charge is 2.38. The average molecular weight is 509 g/mol. The van der Waals surface area contributed by atoms with Crippen LogP contribution in [-0.4, -0.2) is 65.0 Å². The van der Waals surface area contributed by atoms with Gasteiger partial charge in [-0.25, -0.2) is 9.78 Å². The van der Waals surface area contributed by atoms with Crippen LogP contribution < -0.4 is 15.5 Å². The monoisotopic (exact) mass is 508 g/mol. The number of alkyl halides is 3.